The van der Waals surface area contributed by atoms with Gasteiger partial charge in [-0.1, -0.05) is 56.6 Å². The van der Waals surface area contributed by atoms with Crippen LogP contribution in [-0.4, -0.2) is 50.9 Å². The predicted octanol–water partition coefficient (Wildman–Crippen LogP) is 3.94. The summed E-state index contributed by atoms with van der Waals surface area (Å²) in [5, 5.41) is 42.1. The van der Waals surface area contributed by atoms with Crippen LogP contribution in [0.3, 0.4) is 0 Å². The number of hydrogen-bond donors (Lipinski definition) is 5. The zero-order valence-electron chi connectivity index (χ0n) is 20.7. The van der Waals surface area contributed by atoms with Gasteiger partial charge in [0.05, 0.1) is 12.2 Å². The monoisotopic (exact) mass is 487 g/mol. The summed E-state index contributed by atoms with van der Waals surface area (Å²) in [7, 11) is 0. The number of phenolic OH excluding ortho intramolecular Hbond substituents is 2. The van der Waals surface area contributed by atoms with E-state index < -0.39 is 12.2 Å². The number of aliphatic hydroxyl groups is 2. The van der Waals surface area contributed by atoms with Gasteiger partial charge in [-0.15, -0.1) is 0 Å². The first-order chi connectivity index (χ1) is 16.8. The van der Waals surface area contributed by atoms with Gasteiger partial charge in [-0.05, 0) is 49.8 Å². The molecule has 1 aromatic rings. The number of carbonyl (C=O) groups is 2. The Bertz CT molecular complexity index is 865. The number of ketones is 1. The van der Waals surface area contributed by atoms with Crippen LogP contribution in [0.25, 0.3) is 0 Å². The van der Waals surface area contributed by atoms with Crippen LogP contribution in [0.2, 0.25) is 0 Å². The minimum Gasteiger partial charge on any atom is -0.504 e. The van der Waals surface area contributed by atoms with Gasteiger partial charge in [-0.2, -0.15) is 0 Å². The van der Waals surface area contributed by atoms with Crippen LogP contribution in [0.1, 0.15) is 70.3 Å². The van der Waals surface area contributed by atoms with E-state index in [2.05, 4.69) is 12.2 Å². The second-order valence-corrected chi connectivity index (χ2v) is 9.40. The van der Waals surface area contributed by atoms with E-state index in [1.165, 1.54) is 12.1 Å². The fourth-order valence-corrected chi connectivity index (χ4v) is 4.38. The summed E-state index contributed by atoms with van der Waals surface area (Å²) in [5.74, 6) is -0.897. The standard InChI is InChI=1S/C28H41NO6/c1-2-3-6-9-21(30)13-14-23-22(25(32)19-26(23)33)10-7-4-5-8-11-28(35)29-17-16-20-12-15-24(31)27(34)18-20/h4,7,12-15,18,21-23,25,30-32,34H,2-3,5-6,8-11,16-17,19H2,1H3,(H,29,35). The van der Waals surface area contributed by atoms with Crippen molar-refractivity contribution in [3.05, 3.63) is 48.1 Å². The van der Waals surface area contributed by atoms with Crippen molar-refractivity contribution in [2.45, 2.75) is 83.3 Å². The normalized spacial score (nSPS) is 21.2. The number of nitrogens with one attached hydrogen (secondary N) is 1. The summed E-state index contributed by atoms with van der Waals surface area (Å²) >= 11 is 0. The molecule has 1 aliphatic carbocycles. The first kappa shape index (κ1) is 28.6. The summed E-state index contributed by atoms with van der Waals surface area (Å²) in [4.78, 5) is 24.3. The number of phenols is 2. The predicted molar refractivity (Wildman–Crippen MR) is 136 cm³/mol. The fourth-order valence-electron chi connectivity index (χ4n) is 4.38. The number of rotatable bonds is 15. The first-order valence-electron chi connectivity index (χ1n) is 12.8. The van der Waals surface area contributed by atoms with Crippen molar-refractivity contribution in [1.29, 1.82) is 0 Å². The summed E-state index contributed by atoms with van der Waals surface area (Å²) in [6, 6.07) is 4.62. The molecule has 0 bridgehead atoms. The maximum absolute atomic E-state index is 12.3. The molecule has 0 aliphatic heterocycles. The molecule has 194 valence electrons. The van der Waals surface area contributed by atoms with E-state index in [1.807, 2.05) is 12.2 Å². The van der Waals surface area contributed by atoms with Gasteiger partial charge >= 0.3 is 0 Å². The molecule has 1 saturated carbocycles. The van der Waals surface area contributed by atoms with Crippen LogP contribution < -0.4 is 5.32 Å². The molecule has 5 N–H and O–H groups in total. The number of amides is 1. The molecule has 35 heavy (non-hydrogen) atoms. The second-order valence-electron chi connectivity index (χ2n) is 9.40. The zero-order valence-corrected chi connectivity index (χ0v) is 20.7. The van der Waals surface area contributed by atoms with Crippen LogP contribution in [0.4, 0.5) is 0 Å². The SMILES string of the molecule is CCCCCC(O)C=CC1C(=O)CC(O)C1CC=CCCCC(=O)NCCc1ccc(O)c(O)c1. The van der Waals surface area contributed by atoms with E-state index in [0.717, 1.165) is 31.2 Å². The maximum atomic E-state index is 12.3. The largest absolute Gasteiger partial charge is 0.504 e. The molecule has 0 saturated heterocycles. The van der Waals surface area contributed by atoms with E-state index >= 15 is 0 Å². The summed E-state index contributed by atoms with van der Waals surface area (Å²) in [6.07, 6.45) is 13.2. The number of aliphatic hydroxyl groups excluding tert-OH is 2. The smallest absolute Gasteiger partial charge is 0.220 e. The Kier molecular flexibility index (Phi) is 12.6. The Morgan fingerprint density at radius 2 is 1.97 bits per heavy atom. The molecule has 1 amide bonds. The lowest BCUT2D eigenvalue weighted by Crippen LogP contribution is -2.25. The second kappa shape index (κ2) is 15.4. The molecule has 0 spiro atoms. The van der Waals surface area contributed by atoms with E-state index in [1.54, 1.807) is 18.2 Å². The van der Waals surface area contributed by atoms with E-state index in [0.29, 0.717) is 38.6 Å². The third kappa shape index (κ3) is 10.2. The number of unbranched alkanes of at least 4 members (excludes halogenated alkanes) is 3. The molecule has 1 aromatic carbocycles. The average molecular weight is 488 g/mol. The molecule has 1 aliphatic rings. The molecular formula is C28H41NO6. The minimum absolute atomic E-state index is 0.0205. The van der Waals surface area contributed by atoms with Gasteiger partial charge in [0, 0.05) is 31.2 Å². The van der Waals surface area contributed by atoms with Crippen molar-refractivity contribution in [2.24, 2.45) is 11.8 Å². The van der Waals surface area contributed by atoms with Crippen molar-refractivity contribution in [1.82, 2.24) is 5.32 Å². The lowest BCUT2D eigenvalue weighted by Gasteiger charge is -2.17. The molecule has 4 unspecified atom stereocenters. The Morgan fingerprint density at radius 1 is 1.17 bits per heavy atom. The molecule has 0 aromatic heterocycles. The molecule has 0 radical (unpaired) electrons. The number of aromatic hydroxyl groups is 2. The quantitative estimate of drug-likeness (QED) is 0.145. The van der Waals surface area contributed by atoms with Crippen molar-refractivity contribution >= 4 is 11.7 Å². The topological polar surface area (TPSA) is 127 Å². The molecular weight excluding hydrogens is 446 g/mol. The highest BCUT2D eigenvalue weighted by molar-refractivity contribution is 5.86. The Balaban J connectivity index is 1.66. The van der Waals surface area contributed by atoms with E-state index in [9.17, 15) is 30.0 Å². The van der Waals surface area contributed by atoms with Crippen molar-refractivity contribution in [3.8, 4) is 11.5 Å². The first-order valence-corrected chi connectivity index (χ1v) is 12.8. The van der Waals surface area contributed by atoms with Gasteiger partial charge in [-0.25, -0.2) is 0 Å². The Labute approximate surface area is 208 Å². The van der Waals surface area contributed by atoms with Crippen LogP contribution in [-0.2, 0) is 16.0 Å². The average Bonchev–Trinajstić information content (AvgIpc) is 3.09. The molecule has 7 nitrogen and oxygen atoms in total. The van der Waals surface area contributed by atoms with Crippen LogP contribution >= 0.6 is 0 Å². The van der Waals surface area contributed by atoms with Crippen molar-refractivity contribution in [3.63, 3.8) is 0 Å². The lowest BCUT2D eigenvalue weighted by molar-refractivity contribution is -0.121. The number of Topliss-reactive ketones (excluding diaryl/α,β-unsaturated/α-hetero) is 1. The molecule has 1 fully saturated rings. The molecule has 7 heteroatoms. The molecule has 4 atom stereocenters. The summed E-state index contributed by atoms with van der Waals surface area (Å²) < 4.78 is 0. The van der Waals surface area contributed by atoms with Gasteiger partial charge in [0.2, 0.25) is 5.91 Å². The number of carbonyl (C=O) groups excluding carboxylic acids is 2. The highest BCUT2D eigenvalue weighted by Gasteiger charge is 2.39. The number of hydrogen-bond acceptors (Lipinski definition) is 6. The Hall–Kier alpha value is -2.64. The van der Waals surface area contributed by atoms with Crippen LogP contribution in [0.5, 0.6) is 11.5 Å². The zero-order chi connectivity index (χ0) is 25.6. The highest BCUT2D eigenvalue weighted by atomic mass is 16.3. The highest BCUT2D eigenvalue weighted by Crippen LogP contribution is 2.33. The lowest BCUT2D eigenvalue weighted by atomic mass is 9.90. The fraction of sp³-hybridized carbons (Fsp3) is 0.571. The maximum Gasteiger partial charge on any atom is 0.220 e. The van der Waals surface area contributed by atoms with Crippen LogP contribution in [0.15, 0.2) is 42.5 Å². The summed E-state index contributed by atoms with van der Waals surface area (Å²) in [6.45, 7) is 2.57. The molecule has 2 rings (SSSR count). The van der Waals surface area contributed by atoms with Crippen LogP contribution in [0, 0.1) is 11.8 Å². The van der Waals surface area contributed by atoms with Crippen molar-refractivity contribution in [2.75, 3.05) is 6.54 Å². The third-order valence-electron chi connectivity index (χ3n) is 6.51. The van der Waals surface area contributed by atoms with Gasteiger partial charge in [-0.3, -0.25) is 9.59 Å². The van der Waals surface area contributed by atoms with Gasteiger partial charge in [0.25, 0.3) is 0 Å². The third-order valence-corrected chi connectivity index (χ3v) is 6.51. The number of benzene rings is 1. The number of allylic oxidation sites excluding steroid dienone is 3. The van der Waals surface area contributed by atoms with E-state index in [4.69, 9.17) is 0 Å². The van der Waals surface area contributed by atoms with Gasteiger partial charge < -0.3 is 25.7 Å². The Morgan fingerprint density at radius 3 is 2.71 bits per heavy atom. The molecule has 0 heterocycles. The van der Waals surface area contributed by atoms with Crippen molar-refractivity contribution < 1.29 is 30.0 Å². The minimum atomic E-state index is -0.666. The van der Waals surface area contributed by atoms with E-state index in [-0.39, 0.29) is 41.4 Å². The van der Waals surface area contributed by atoms with Gasteiger partial charge in [0.15, 0.2) is 11.5 Å². The summed E-state index contributed by atoms with van der Waals surface area (Å²) in [5.41, 5.74) is 0.829. The van der Waals surface area contributed by atoms with Gasteiger partial charge in [0.1, 0.15) is 5.78 Å².